The van der Waals surface area contributed by atoms with Crippen molar-refractivity contribution in [2.75, 3.05) is 33.4 Å². The molecule has 1 fully saturated rings. The van der Waals surface area contributed by atoms with Crippen molar-refractivity contribution in [1.82, 2.24) is 15.5 Å². The minimum Gasteiger partial charge on any atom is -0.469 e. The molecule has 1 atom stereocenters. The van der Waals surface area contributed by atoms with Gasteiger partial charge in [0.15, 0.2) is 0 Å². The van der Waals surface area contributed by atoms with Crippen molar-refractivity contribution >= 4 is 18.0 Å². The van der Waals surface area contributed by atoms with E-state index in [2.05, 4.69) is 15.5 Å². The molecule has 3 heterocycles. The molecular formula is C19H25N3O6. The van der Waals surface area contributed by atoms with Gasteiger partial charge in [0.25, 0.3) is 0 Å². The summed E-state index contributed by atoms with van der Waals surface area (Å²) in [5.74, 6) is -0.354. The van der Waals surface area contributed by atoms with E-state index in [9.17, 15) is 14.4 Å². The number of hydrogen-bond acceptors (Lipinski definition) is 7. The van der Waals surface area contributed by atoms with Crippen molar-refractivity contribution in [2.45, 2.75) is 25.8 Å². The third kappa shape index (κ3) is 4.36. The molecule has 9 nitrogen and oxygen atoms in total. The average molecular weight is 391 g/mol. The second-order valence-electron chi connectivity index (χ2n) is 6.73. The second kappa shape index (κ2) is 8.92. The predicted octanol–water partition coefficient (Wildman–Crippen LogP) is 1.34. The standard InChI is InChI=1S/C19H25N3O6/c1-3-27-18(24)15-13(11-22-8-6-12(7-9-22)17(23)26-2)20-19(25)21-16(15)14-5-4-10-28-14/h4-5,10,12,16H,3,6-9,11H2,1-2H3,(H2,20,21,25)/t16-/m1/s1. The summed E-state index contributed by atoms with van der Waals surface area (Å²) in [6.45, 7) is 3.64. The fourth-order valence-electron chi connectivity index (χ4n) is 3.58. The molecule has 152 valence electrons. The summed E-state index contributed by atoms with van der Waals surface area (Å²) in [5, 5.41) is 5.47. The summed E-state index contributed by atoms with van der Waals surface area (Å²) in [6, 6.07) is 2.28. The highest BCUT2D eigenvalue weighted by atomic mass is 16.5. The van der Waals surface area contributed by atoms with E-state index in [-0.39, 0.29) is 18.5 Å². The molecule has 0 spiro atoms. The molecule has 2 aliphatic heterocycles. The summed E-state index contributed by atoms with van der Waals surface area (Å²) in [6.07, 6.45) is 2.83. The summed E-state index contributed by atoms with van der Waals surface area (Å²) in [4.78, 5) is 38.7. The molecule has 0 aliphatic carbocycles. The molecule has 0 bridgehead atoms. The molecule has 2 amide bonds. The Hall–Kier alpha value is -2.81. The van der Waals surface area contributed by atoms with Crippen LogP contribution in [0, 0.1) is 5.92 Å². The van der Waals surface area contributed by atoms with Gasteiger partial charge in [-0.3, -0.25) is 9.69 Å². The molecule has 0 unspecified atom stereocenters. The highest BCUT2D eigenvalue weighted by Gasteiger charge is 2.36. The molecule has 2 aliphatic rings. The Labute approximate surface area is 163 Å². The Kier molecular flexibility index (Phi) is 6.35. The fraction of sp³-hybridized carbons (Fsp3) is 0.526. The van der Waals surface area contributed by atoms with Crippen LogP contribution in [0.25, 0.3) is 0 Å². The summed E-state index contributed by atoms with van der Waals surface area (Å²) >= 11 is 0. The van der Waals surface area contributed by atoms with Crippen molar-refractivity contribution in [3.8, 4) is 0 Å². The first kappa shape index (κ1) is 19.9. The van der Waals surface area contributed by atoms with Gasteiger partial charge in [-0.1, -0.05) is 0 Å². The second-order valence-corrected chi connectivity index (χ2v) is 6.73. The number of nitrogens with zero attached hydrogens (tertiary/aromatic N) is 1. The molecule has 1 saturated heterocycles. The van der Waals surface area contributed by atoms with Crippen molar-refractivity contribution in [2.24, 2.45) is 5.92 Å². The number of hydrogen-bond donors (Lipinski definition) is 2. The van der Waals surface area contributed by atoms with Gasteiger partial charge in [-0.15, -0.1) is 0 Å². The van der Waals surface area contributed by atoms with Crippen molar-refractivity contribution in [1.29, 1.82) is 0 Å². The number of esters is 2. The van der Waals surface area contributed by atoms with Gasteiger partial charge in [0.05, 0.1) is 31.5 Å². The Morgan fingerprint density at radius 3 is 2.68 bits per heavy atom. The van der Waals surface area contributed by atoms with Gasteiger partial charge in [0, 0.05) is 12.2 Å². The van der Waals surface area contributed by atoms with E-state index in [1.165, 1.54) is 13.4 Å². The first-order valence-corrected chi connectivity index (χ1v) is 9.34. The van der Waals surface area contributed by atoms with Crippen LogP contribution in [0.3, 0.4) is 0 Å². The topological polar surface area (TPSA) is 110 Å². The van der Waals surface area contributed by atoms with Crippen LogP contribution in [0.4, 0.5) is 4.79 Å². The first-order chi connectivity index (χ1) is 13.5. The number of carbonyl (C=O) groups is 3. The number of rotatable bonds is 6. The molecule has 9 heteroatoms. The molecule has 0 saturated carbocycles. The van der Waals surface area contributed by atoms with E-state index in [0.29, 0.717) is 49.5 Å². The Morgan fingerprint density at radius 2 is 2.07 bits per heavy atom. The van der Waals surface area contributed by atoms with Crippen LogP contribution in [0.1, 0.15) is 31.6 Å². The number of ether oxygens (including phenoxy) is 2. The predicted molar refractivity (Wildman–Crippen MR) is 98.0 cm³/mol. The maximum atomic E-state index is 12.6. The van der Waals surface area contributed by atoms with Crippen molar-refractivity contribution in [3.63, 3.8) is 0 Å². The van der Waals surface area contributed by atoms with Gasteiger partial charge in [-0.25, -0.2) is 9.59 Å². The monoisotopic (exact) mass is 391 g/mol. The smallest absolute Gasteiger partial charge is 0.338 e. The number of nitrogens with one attached hydrogen (secondary N) is 2. The number of furan rings is 1. The molecule has 2 N–H and O–H groups in total. The lowest BCUT2D eigenvalue weighted by molar-refractivity contribution is -0.147. The van der Waals surface area contributed by atoms with Crippen LogP contribution in [0.2, 0.25) is 0 Å². The highest BCUT2D eigenvalue weighted by Crippen LogP contribution is 2.29. The normalized spacial score (nSPS) is 21.1. The summed E-state index contributed by atoms with van der Waals surface area (Å²) in [5.41, 5.74) is 0.812. The quantitative estimate of drug-likeness (QED) is 0.704. The molecule has 1 aromatic rings. The number of urea groups is 1. The van der Waals surface area contributed by atoms with Gasteiger partial charge in [-0.2, -0.15) is 0 Å². The molecule has 28 heavy (non-hydrogen) atoms. The number of methoxy groups -OCH3 is 1. The Bertz CT molecular complexity index is 750. The maximum absolute atomic E-state index is 12.6. The van der Waals surface area contributed by atoms with Crippen LogP contribution < -0.4 is 10.6 Å². The van der Waals surface area contributed by atoms with Gasteiger partial charge < -0.3 is 24.5 Å². The summed E-state index contributed by atoms with van der Waals surface area (Å²) < 4.78 is 15.5. The zero-order valence-electron chi connectivity index (χ0n) is 16.0. The van der Waals surface area contributed by atoms with Crippen LogP contribution in [0.5, 0.6) is 0 Å². The number of amides is 2. The Balaban J connectivity index is 1.82. The summed E-state index contributed by atoms with van der Waals surface area (Å²) in [7, 11) is 1.39. The number of piperidine rings is 1. The van der Waals surface area contributed by atoms with Crippen molar-refractivity contribution in [3.05, 3.63) is 35.4 Å². The molecule has 3 rings (SSSR count). The Morgan fingerprint density at radius 1 is 1.32 bits per heavy atom. The number of carbonyl (C=O) groups excluding carboxylic acids is 3. The first-order valence-electron chi connectivity index (χ1n) is 9.34. The van der Waals surface area contributed by atoms with E-state index in [4.69, 9.17) is 13.9 Å². The third-order valence-electron chi connectivity index (χ3n) is 4.98. The SMILES string of the molecule is CCOC(=O)C1=C(CN2CCC(C(=O)OC)CC2)NC(=O)N[C@@H]1c1ccco1. The van der Waals surface area contributed by atoms with Crippen molar-refractivity contribution < 1.29 is 28.3 Å². The average Bonchev–Trinajstić information content (AvgIpc) is 3.22. The lowest BCUT2D eigenvalue weighted by Gasteiger charge is -2.34. The van der Waals surface area contributed by atoms with Gasteiger partial charge >= 0.3 is 18.0 Å². The number of likely N-dealkylation sites (tertiary alicyclic amines) is 1. The van der Waals surface area contributed by atoms with Gasteiger partial charge in [-0.05, 0) is 45.0 Å². The lowest BCUT2D eigenvalue weighted by Crippen LogP contribution is -2.49. The maximum Gasteiger partial charge on any atom is 0.338 e. The van der Waals surface area contributed by atoms with Crippen LogP contribution in [-0.2, 0) is 19.1 Å². The van der Waals surface area contributed by atoms with Gasteiger partial charge in [0.2, 0.25) is 0 Å². The lowest BCUT2D eigenvalue weighted by atomic mass is 9.95. The minimum absolute atomic E-state index is 0.113. The van der Waals surface area contributed by atoms with E-state index >= 15 is 0 Å². The third-order valence-corrected chi connectivity index (χ3v) is 4.98. The molecule has 0 radical (unpaired) electrons. The van der Waals surface area contributed by atoms with Crippen LogP contribution >= 0.6 is 0 Å². The minimum atomic E-state index is -0.717. The van der Waals surface area contributed by atoms with Crippen LogP contribution in [-0.4, -0.2) is 56.2 Å². The molecule has 1 aromatic heterocycles. The highest BCUT2D eigenvalue weighted by molar-refractivity contribution is 5.95. The molecular weight excluding hydrogens is 366 g/mol. The van der Waals surface area contributed by atoms with E-state index in [1.807, 2.05) is 0 Å². The van der Waals surface area contributed by atoms with E-state index in [1.54, 1.807) is 19.1 Å². The largest absolute Gasteiger partial charge is 0.469 e. The fourth-order valence-corrected chi connectivity index (χ4v) is 3.58. The van der Waals surface area contributed by atoms with Gasteiger partial charge in [0.1, 0.15) is 11.8 Å². The zero-order chi connectivity index (χ0) is 20.1. The zero-order valence-corrected chi connectivity index (χ0v) is 16.0. The van der Waals surface area contributed by atoms with E-state index < -0.39 is 18.0 Å². The molecule has 0 aromatic carbocycles. The van der Waals surface area contributed by atoms with Crippen LogP contribution in [0.15, 0.2) is 34.1 Å². The van der Waals surface area contributed by atoms with E-state index in [0.717, 1.165) is 0 Å².